The van der Waals surface area contributed by atoms with Crippen LogP contribution in [-0.2, 0) is 11.3 Å². The first-order chi connectivity index (χ1) is 9.10. The van der Waals surface area contributed by atoms with Crippen LogP contribution in [0.5, 0.6) is 5.75 Å². The summed E-state index contributed by atoms with van der Waals surface area (Å²) in [6, 6.07) is 5.88. The number of methoxy groups -OCH3 is 1. The maximum atomic E-state index is 12.0. The molecule has 5 nitrogen and oxygen atoms in total. The van der Waals surface area contributed by atoms with Crippen LogP contribution in [0, 0.1) is 5.92 Å². The Balaban J connectivity index is 2.13. The molecule has 1 aliphatic rings. The lowest BCUT2D eigenvalue weighted by Crippen LogP contribution is -2.48. The summed E-state index contributed by atoms with van der Waals surface area (Å²) in [6.07, 6.45) is 0. The van der Waals surface area contributed by atoms with Crippen molar-refractivity contribution in [3.05, 3.63) is 23.8 Å². The molecule has 1 saturated heterocycles. The Kier molecular flexibility index (Phi) is 4.39. The lowest BCUT2D eigenvalue weighted by molar-refractivity contribution is -0.121. The molecule has 19 heavy (non-hydrogen) atoms. The van der Waals surface area contributed by atoms with Gasteiger partial charge in [0.1, 0.15) is 5.75 Å². The second-order valence-corrected chi connectivity index (χ2v) is 5.12. The third-order valence-electron chi connectivity index (χ3n) is 3.17. The number of anilines is 1. The third kappa shape index (κ3) is 3.45. The summed E-state index contributed by atoms with van der Waals surface area (Å²) in [6.45, 7) is 2.34. The molecule has 1 fully saturated rings. The van der Waals surface area contributed by atoms with Crippen LogP contribution in [0.4, 0.5) is 5.69 Å². The van der Waals surface area contributed by atoms with Gasteiger partial charge in [-0.3, -0.25) is 4.79 Å². The first-order valence-corrected chi connectivity index (χ1v) is 6.43. The zero-order chi connectivity index (χ0) is 13.8. The first-order valence-electron chi connectivity index (χ1n) is 6.43. The summed E-state index contributed by atoms with van der Waals surface area (Å²) in [5, 5.41) is 6.05. The molecule has 0 bridgehead atoms. The first kappa shape index (κ1) is 13.8. The molecule has 5 heteroatoms. The van der Waals surface area contributed by atoms with Crippen molar-refractivity contribution in [2.45, 2.75) is 6.54 Å². The Morgan fingerprint density at radius 3 is 2.74 bits per heavy atom. The summed E-state index contributed by atoms with van der Waals surface area (Å²) in [5.74, 6) is 0.824. The predicted molar refractivity (Wildman–Crippen MR) is 75.4 cm³/mol. The molecule has 2 N–H and O–H groups in total. The molecule has 1 heterocycles. The maximum Gasteiger partial charge on any atom is 0.230 e. The minimum atomic E-state index is 0.0547. The lowest BCUT2D eigenvalue weighted by atomic mass is 10.0. The summed E-state index contributed by atoms with van der Waals surface area (Å²) < 4.78 is 5.29. The fourth-order valence-electron chi connectivity index (χ4n) is 2.03. The summed E-state index contributed by atoms with van der Waals surface area (Å²) >= 11 is 0. The van der Waals surface area contributed by atoms with E-state index in [1.54, 1.807) is 7.11 Å². The molecular weight excluding hydrogens is 242 g/mol. The van der Waals surface area contributed by atoms with Gasteiger partial charge in [-0.15, -0.1) is 0 Å². The van der Waals surface area contributed by atoms with E-state index in [0.29, 0.717) is 5.75 Å². The number of carbonyl (C=O) groups excluding carboxylic acids is 1. The molecule has 2 rings (SSSR count). The second-order valence-electron chi connectivity index (χ2n) is 5.12. The van der Waals surface area contributed by atoms with Gasteiger partial charge in [-0.2, -0.15) is 0 Å². The van der Waals surface area contributed by atoms with E-state index in [1.165, 1.54) is 0 Å². The minimum Gasteiger partial charge on any atom is -0.495 e. The van der Waals surface area contributed by atoms with E-state index in [-0.39, 0.29) is 11.8 Å². The van der Waals surface area contributed by atoms with Crippen LogP contribution in [0.15, 0.2) is 18.2 Å². The van der Waals surface area contributed by atoms with Crippen LogP contribution in [-0.4, -0.2) is 45.1 Å². The molecule has 0 radical (unpaired) electrons. The topological polar surface area (TPSA) is 53.6 Å². The SMILES string of the molecule is COc1ccc(CN(C)C)cc1NC(=O)C1CNC1. The van der Waals surface area contributed by atoms with Gasteiger partial charge in [-0.25, -0.2) is 0 Å². The Labute approximate surface area is 113 Å². The van der Waals surface area contributed by atoms with Crippen molar-refractivity contribution in [1.29, 1.82) is 0 Å². The van der Waals surface area contributed by atoms with E-state index in [0.717, 1.165) is 30.9 Å². The van der Waals surface area contributed by atoms with Crippen LogP contribution in [0.25, 0.3) is 0 Å². The average Bonchev–Trinajstić information content (AvgIpc) is 2.26. The van der Waals surface area contributed by atoms with Gasteiger partial charge in [0.05, 0.1) is 18.7 Å². The van der Waals surface area contributed by atoms with Crippen LogP contribution in [0.3, 0.4) is 0 Å². The fourth-order valence-corrected chi connectivity index (χ4v) is 2.03. The summed E-state index contributed by atoms with van der Waals surface area (Å²) in [4.78, 5) is 14.1. The zero-order valence-corrected chi connectivity index (χ0v) is 11.7. The van der Waals surface area contributed by atoms with E-state index < -0.39 is 0 Å². The molecule has 0 unspecified atom stereocenters. The quantitative estimate of drug-likeness (QED) is 0.829. The minimum absolute atomic E-state index is 0.0547. The largest absolute Gasteiger partial charge is 0.495 e. The van der Waals surface area contributed by atoms with Crippen molar-refractivity contribution >= 4 is 11.6 Å². The number of ether oxygens (including phenoxy) is 1. The molecule has 104 valence electrons. The van der Waals surface area contributed by atoms with E-state index in [1.807, 2.05) is 32.3 Å². The summed E-state index contributed by atoms with van der Waals surface area (Å²) in [5.41, 5.74) is 1.89. The second kappa shape index (κ2) is 6.04. The maximum absolute atomic E-state index is 12.0. The highest BCUT2D eigenvalue weighted by molar-refractivity contribution is 5.94. The molecule has 0 aliphatic carbocycles. The van der Waals surface area contributed by atoms with Crippen LogP contribution < -0.4 is 15.4 Å². The highest BCUT2D eigenvalue weighted by atomic mass is 16.5. The van der Waals surface area contributed by atoms with E-state index in [2.05, 4.69) is 15.5 Å². The highest BCUT2D eigenvalue weighted by Crippen LogP contribution is 2.26. The molecular formula is C14H21N3O2. The van der Waals surface area contributed by atoms with Gasteiger partial charge < -0.3 is 20.3 Å². The number of hydrogen-bond acceptors (Lipinski definition) is 4. The van der Waals surface area contributed by atoms with Gasteiger partial charge >= 0.3 is 0 Å². The number of hydrogen-bond donors (Lipinski definition) is 2. The Bertz CT molecular complexity index is 456. The van der Waals surface area contributed by atoms with Gasteiger partial charge in [0.15, 0.2) is 0 Å². The Morgan fingerprint density at radius 2 is 2.21 bits per heavy atom. The fraction of sp³-hybridized carbons (Fsp3) is 0.500. The molecule has 0 aromatic heterocycles. The molecule has 1 aliphatic heterocycles. The molecule has 0 spiro atoms. The Hall–Kier alpha value is -1.59. The number of nitrogens with zero attached hydrogens (tertiary/aromatic N) is 1. The smallest absolute Gasteiger partial charge is 0.230 e. The van der Waals surface area contributed by atoms with E-state index >= 15 is 0 Å². The van der Waals surface area contributed by atoms with Gasteiger partial charge in [-0.1, -0.05) is 6.07 Å². The van der Waals surface area contributed by atoms with Gasteiger partial charge in [0.25, 0.3) is 0 Å². The number of benzene rings is 1. The van der Waals surface area contributed by atoms with Gasteiger partial charge in [-0.05, 0) is 31.8 Å². The number of rotatable bonds is 5. The molecule has 1 aromatic carbocycles. The molecule has 0 atom stereocenters. The van der Waals surface area contributed by atoms with Crippen molar-refractivity contribution in [3.8, 4) is 5.75 Å². The van der Waals surface area contributed by atoms with Crippen LogP contribution >= 0.6 is 0 Å². The number of carbonyl (C=O) groups is 1. The van der Waals surface area contributed by atoms with Crippen molar-refractivity contribution in [2.24, 2.45) is 5.92 Å². The van der Waals surface area contributed by atoms with Gasteiger partial charge in [0, 0.05) is 19.6 Å². The van der Waals surface area contributed by atoms with Crippen molar-refractivity contribution in [1.82, 2.24) is 10.2 Å². The summed E-state index contributed by atoms with van der Waals surface area (Å²) in [7, 11) is 5.65. The van der Waals surface area contributed by atoms with E-state index in [4.69, 9.17) is 4.74 Å². The normalized spacial score (nSPS) is 15.2. The van der Waals surface area contributed by atoms with Crippen LogP contribution in [0.2, 0.25) is 0 Å². The Morgan fingerprint density at radius 1 is 1.47 bits per heavy atom. The van der Waals surface area contributed by atoms with Crippen molar-refractivity contribution in [2.75, 3.05) is 39.6 Å². The van der Waals surface area contributed by atoms with E-state index in [9.17, 15) is 4.79 Å². The highest BCUT2D eigenvalue weighted by Gasteiger charge is 2.25. The van der Waals surface area contributed by atoms with Crippen LogP contribution in [0.1, 0.15) is 5.56 Å². The molecule has 0 saturated carbocycles. The number of nitrogens with one attached hydrogen (secondary N) is 2. The molecule has 1 amide bonds. The van der Waals surface area contributed by atoms with Gasteiger partial charge in [0.2, 0.25) is 5.91 Å². The monoisotopic (exact) mass is 263 g/mol. The lowest BCUT2D eigenvalue weighted by Gasteiger charge is -2.26. The zero-order valence-electron chi connectivity index (χ0n) is 11.7. The molecule has 1 aromatic rings. The standard InChI is InChI=1S/C14H21N3O2/c1-17(2)9-10-4-5-13(19-3)12(6-10)16-14(18)11-7-15-8-11/h4-6,11,15H,7-9H2,1-3H3,(H,16,18). The third-order valence-corrected chi connectivity index (χ3v) is 3.17. The average molecular weight is 263 g/mol. The predicted octanol–water partition coefficient (Wildman–Crippen LogP) is 0.915. The van der Waals surface area contributed by atoms with Crippen molar-refractivity contribution < 1.29 is 9.53 Å². The number of amides is 1. The van der Waals surface area contributed by atoms with Crippen molar-refractivity contribution in [3.63, 3.8) is 0 Å².